The van der Waals surface area contributed by atoms with Gasteiger partial charge in [0.15, 0.2) is 9.84 Å². The van der Waals surface area contributed by atoms with E-state index in [1.807, 2.05) is 29.6 Å². The summed E-state index contributed by atoms with van der Waals surface area (Å²) >= 11 is 4.94. The van der Waals surface area contributed by atoms with Crippen molar-refractivity contribution in [2.75, 3.05) is 18.1 Å². The summed E-state index contributed by atoms with van der Waals surface area (Å²) in [5.41, 5.74) is 1.69. The summed E-state index contributed by atoms with van der Waals surface area (Å²) in [6.07, 6.45) is 2.29. The first kappa shape index (κ1) is 19.3. The van der Waals surface area contributed by atoms with Crippen molar-refractivity contribution >= 4 is 43.0 Å². The molecule has 1 aromatic heterocycles. The highest BCUT2D eigenvalue weighted by molar-refractivity contribution is 9.10. The van der Waals surface area contributed by atoms with Crippen LogP contribution in [0.5, 0.6) is 0 Å². The van der Waals surface area contributed by atoms with Crippen LogP contribution >= 0.6 is 27.3 Å². The fraction of sp³-hybridized carbons (Fsp3) is 0.333. The summed E-state index contributed by atoms with van der Waals surface area (Å²) in [5, 5.41) is 2.74. The number of aromatic nitrogens is 1. The Morgan fingerprint density at radius 3 is 2.92 bits per heavy atom. The van der Waals surface area contributed by atoms with Gasteiger partial charge in [0.25, 0.3) is 0 Å². The first-order chi connectivity index (χ1) is 12.4. The van der Waals surface area contributed by atoms with Crippen LogP contribution < -0.4 is 0 Å². The molecule has 1 amide bonds. The summed E-state index contributed by atoms with van der Waals surface area (Å²) in [4.78, 5) is 18.9. The van der Waals surface area contributed by atoms with Gasteiger partial charge in [-0.3, -0.25) is 4.79 Å². The Morgan fingerprint density at radius 2 is 2.27 bits per heavy atom. The minimum atomic E-state index is -3.05. The van der Waals surface area contributed by atoms with Crippen LogP contribution in [0.1, 0.15) is 12.1 Å². The molecule has 1 aliphatic heterocycles. The third-order valence-electron chi connectivity index (χ3n) is 4.25. The van der Waals surface area contributed by atoms with Crippen LogP contribution in [-0.4, -0.2) is 48.3 Å². The fourth-order valence-corrected chi connectivity index (χ4v) is 5.96. The number of carbonyl (C=O) groups is 1. The highest BCUT2D eigenvalue weighted by Crippen LogP contribution is 2.27. The van der Waals surface area contributed by atoms with Gasteiger partial charge in [0.05, 0.1) is 23.6 Å². The van der Waals surface area contributed by atoms with Crippen LogP contribution in [0.4, 0.5) is 0 Å². The van der Waals surface area contributed by atoms with E-state index >= 15 is 0 Å². The Balaban J connectivity index is 1.73. The van der Waals surface area contributed by atoms with Gasteiger partial charge in [-0.1, -0.05) is 34.1 Å². The second-order valence-corrected chi connectivity index (χ2v) is 10.2. The number of benzene rings is 1. The molecule has 0 bridgehead atoms. The maximum absolute atomic E-state index is 12.7. The lowest BCUT2D eigenvalue weighted by Crippen LogP contribution is -2.42. The predicted molar refractivity (Wildman–Crippen MR) is 108 cm³/mol. The summed E-state index contributed by atoms with van der Waals surface area (Å²) in [6, 6.07) is 7.58. The molecule has 1 atom stereocenters. The predicted octanol–water partition coefficient (Wildman–Crippen LogP) is 3.32. The number of rotatable bonds is 6. The Bertz CT molecular complexity index is 924. The topological polar surface area (TPSA) is 67.3 Å². The minimum absolute atomic E-state index is 0.0347. The van der Waals surface area contributed by atoms with Crippen LogP contribution in [0.2, 0.25) is 0 Å². The van der Waals surface area contributed by atoms with Crippen molar-refractivity contribution in [1.82, 2.24) is 9.88 Å². The largest absolute Gasteiger partial charge is 0.335 e. The maximum Gasteiger partial charge on any atom is 0.229 e. The van der Waals surface area contributed by atoms with Gasteiger partial charge in [0.2, 0.25) is 5.91 Å². The highest BCUT2D eigenvalue weighted by atomic mass is 79.9. The molecular formula is C18H19BrN2O3S2. The van der Waals surface area contributed by atoms with Crippen molar-refractivity contribution in [3.05, 3.63) is 52.5 Å². The van der Waals surface area contributed by atoms with E-state index in [-0.39, 0.29) is 29.9 Å². The molecule has 5 nitrogen and oxygen atoms in total. The number of sulfone groups is 1. The molecule has 138 valence electrons. The van der Waals surface area contributed by atoms with Crippen LogP contribution in [-0.2, 0) is 21.1 Å². The molecule has 0 radical (unpaired) electrons. The second-order valence-electron chi connectivity index (χ2n) is 6.22. The van der Waals surface area contributed by atoms with Crippen LogP contribution in [0.15, 0.2) is 46.8 Å². The van der Waals surface area contributed by atoms with Gasteiger partial charge >= 0.3 is 0 Å². The van der Waals surface area contributed by atoms with Gasteiger partial charge in [0, 0.05) is 28.0 Å². The third kappa shape index (κ3) is 4.61. The zero-order chi connectivity index (χ0) is 18.7. The molecule has 2 aromatic rings. The molecule has 0 saturated carbocycles. The average molecular weight is 455 g/mol. The third-order valence-corrected chi connectivity index (χ3v) is 7.43. The first-order valence-electron chi connectivity index (χ1n) is 8.19. The number of hydrogen-bond donors (Lipinski definition) is 0. The van der Waals surface area contributed by atoms with E-state index in [1.165, 1.54) is 11.3 Å². The first-order valence-corrected chi connectivity index (χ1v) is 11.7. The molecule has 1 fully saturated rings. The van der Waals surface area contributed by atoms with Crippen molar-refractivity contribution < 1.29 is 13.2 Å². The number of halogens is 1. The molecule has 0 N–H and O–H groups in total. The Kier molecular flexibility index (Phi) is 5.94. The monoisotopic (exact) mass is 454 g/mol. The smallest absolute Gasteiger partial charge is 0.229 e. The van der Waals surface area contributed by atoms with Crippen molar-refractivity contribution in [3.8, 4) is 10.6 Å². The number of carbonyl (C=O) groups excluding carboxylic acids is 1. The van der Waals surface area contributed by atoms with E-state index in [0.29, 0.717) is 18.7 Å². The zero-order valence-corrected chi connectivity index (χ0v) is 17.3. The molecule has 1 saturated heterocycles. The minimum Gasteiger partial charge on any atom is -0.335 e. The van der Waals surface area contributed by atoms with Gasteiger partial charge in [-0.05, 0) is 18.6 Å². The van der Waals surface area contributed by atoms with Crippen molar-refractivity contribution in [3.63, 3.8) is 0 Å². The van der Waals surface area contributed by atoms with Gasteiger partial charge < -0.3 is 4.90 Å². The highest BCUT2D eigenvalue weighted by Gasteiger charge is 2.34. The number of nitrogens with zero attached hydrogens (tertiary/aromatic N) is 2. The van der Waals surface area contributed by atoms with E-state index in [2.05, 4.69) is 27.5 Å². The second kappa shape index (κ2) is 8.02. The molecule has 2 heterocycles. The molecule has 1 aromatic carbocycles. The molecule has 0 spiro atoms. The number of hydrogen-bond acceptors (Lipinski definition) is 5. The van der Waals surface area contributed by atoms with E-state index in [0.717, 1.165) is 15.0 Å². The fourth-order valence-electron chi connectivity index (χ4n) is 3.01. The molecule has 1 aliphatic rings. The zero-order valence-electron chi connectivity index (χ0n) is 14.1. The Hall–Kier alpha value is -1.51. The normalized spacial score (nSPS) is 18.6. The molecular weight excluding hydrogens is 436 g/mol. The van der Waals surface area contributed by atoms with E-state index in [9.17, 15) is 13.2 Å². The molecule has 3 rings (SSSR count). The number of thiazole rings is 1. The van der Waals surface area contributed by atoms with E-state index < -0.39 is 9.84 Å². The van der Waals surface area contributed by atoms with Crippen molar-refractivity contribution in [2.24, 2.45) is 0 Å². The lowest BCUT2D eigenvalue weighted by atomic mass is 10.2. The van der Waals surface area contributed by atoms with Gasteiger partial charge in [0.1, 0.15) is 5.01 Å². The van der Waals surface area contributed by atoms with Crippen molar-refractivity contribution in [2.45, 2.75) is 18.9 Å². The SMILES string of the molecule is C=CCN(C(=O)Cc1csc(-c2cccc(Br)c2)n1)C1CCS(=O)(=O)C1. The summed E-state index contributed by atoms with van der Waals surface area (Å²) in [6.45, 7) is 4.04. The standard InChI is InChI=1S/C18H19BrN2O3S2/c1-2-7-21(16-6-8-26(23,24)12-16)17(22)10-15-11-25-18(20-15)13-4-3-5-14(19)9-13/h2-5,9,11,16H,1,6-8,10,12H2. The maximum atomic E-state index is 12.7. The van der Waals surface area contributed by atoms with Crippen LogP contribution in [0.25, 0.3) is 10.6 Å². The number of amides is 1. The summed E-state index contributed by atoms with van der Waals surface area (Å²) < 4.78 is 24.5. The van der Waals surface area contributed by atoms with E-state index in [1.54, 1.807) is 11.0 Å². The molecule has 1 unspecified atom stereocenters. The molecule has 0 aliphatic carbocycles. The summed E-state index contributed by atoms with van der Waals surface area (Å²) in [7, 11) is -3.05. The summed E-state index contributed by atoms with van der Waals surface area (Å²) in [5.74, 6) is 0.0630. The van der Waals surface area contributed by atoms with Gasteiger partial charge in [-0.25, -0.2) is 13.4 Å². The van der Waals surface area contributed by atoms with Crippen molar-refractivity contribution in [1.29, 1.82) is 0 Å². The van der Waals surface area contributed by atoms with Gasteiger partial charge in [-0.2, -0.15) is 0 Å². The molecule has 26 heavy (non-hydrogen) atoms. The van der Waals surface area contributed by atoms with Gasteiger partial charge in [-0.15, -0.1) is 17.9 Å². The lowest BCUT2D eigenvalue weighted by molar-refractivity contribution is -0.131. The lowest BCUT2D eigenvalue weighted by Gasteiger charge is -2.26. The Labute approximate surface area is 165 Å². The molecule has 8 heteroatoms. The van der Waals surface area contributed by atoms with E-state index in [4.69, 9.17) is 0 Å². The van der Waals surface area contributed by atoms with Crippen LogP contribution in [0, 0.1) is 0 Å². The average Bonchev–Trinajstić information content (AvgIpc) is 3.19. The Morgan fingerprint density at radius 1 is 1.46 bits per heavy atom. The van der Waals surface area contributed by atoms with Crippen LogP contribution in [0.3, 0.4) is 0 Å². The quantitative estimate of drug-likeness (QED) is 0.627.